The number of ether oxygens (including phenoxy) is 2. The number of carbonyl (C=O) groups excluding carboxylic acids is 3. The minimum absolute atomic E-state index is 0.0614. The van der Waals surface area contributed by atoms with Gasteiger partial charge in [-0.1, -0.05) is 29.8 Å². The third kappa shape index (κ3) is 7.90. The molecule has 2 aliphatic rings. The molecule has 2 heterocycles. The van der Waals surface area contributed by atoms with Gasteiger partial charge in [-0.3, -0.25) is 9.59 Å². The van der Waals surface area contributed by atoms with Crippen LogP contribution in [-0.2, 0) is 35.6 Å². The van der Waals surface area contributed by atoms with Gasteiger partial charge in [0.05, 0.1) is 17.4 Å². The maximum atomic E-state index is 13.2. The van der Waals surface area contributed by atoms with Crippen molar-refractivity contribution in [3.63, 3.8) is 0 Å². The van der Waals surface area contributed by atoms with Gasteiger partial charge in [-0.25, -0.2) is 18.0 Å². The van der Waals surface area contributed by atoms with E-state index in [0.717, 1.165) is 9.87 Å². The molecule has 2 aromatic carbocycles. The van der Waals surface area contributed by atoms with Crippen LogP contribution in [0.4, 0.5) is 4.79 Å². The summed E-state index contributed by atoms with van der Waals surface area (Å²) in [6.07, 6.45) is 1.13. The van der Waals surface area contributed by atoms with Crippen molar-refractivity contribution in [1.29, 1.82) is 0 Å². The van der Waals surface area contributed by atoms with Crippen LogP contribution < -0.4 is 10.1 Å². The van der Waals surface area contributed by atoms with Gasteiger partial charge in [-0.15, -0.1) is 0 Å². The van der Waals surface area contributed by atoms with Gasteiger partial charge in [-0.05, 0) is 69.4 Å². The number of aryl methyl sites for hydroxylation is 1. The van der Waals surface area contributed by atoms with Crippen LogP contribution in [0.3, 0.4) is 0 Å². The lowest BCUT2D eigenvalue weighted by atomic mass is 9.97. The van der Waals surface area contributed by atoms with E-state index in [-0.39, 0.29) is 41.9 Å². The first-order valence-electron chi connectivity index (χ1n) is 14.3. The van der Waals surface area contributed by atoms with Gasteiger partial charge in [0.15, 0.2) is 0 Å². The van der Waals surface area contributed by atoms with Crippen molar-refractivity contribution in [2.45, 2.75) is 62.9 Å². The minimum Gasteiger partial charge on any atom is -0.480 e. The number of hydrogen-bond acceptors (Lipinski definition) is 8. The Kier molecular flexibility index (Phi) is 10.4. The van der Waals surface area contributed by atoms with Crippen molar-refractivity contribution in [2.24, 2.45) is 5.92 Å². The molecule has 2 atom stereocenters. The smallest absolute Gasteiger partial charge is 0.415 e. The lowest BCUT2D eigenvalue weighted by molar-refractivity contribution is -0.149. The highest BCUT2D eigenvalue weighted by molar-refractivity contribution is 7.89. The average Bonchev–Trinajstić information content (AvgIpc) is 3.50. The fourth-order valence-electron chi connectivity index (χ4n) is 5.26. The van der Waals surface area contributed by atoms with E-state index in [0.29, 0.717) is 44.5 Å². The molecular formula is C30H37N3O9S. The summed E-state index contributed by atoms with van der Waals surface area (Å²) in [5.41, 5.74) is 1.47. The summed E-state index contributed by atoms with van der Waals surface area (Å²) in [5, 5.41) is 12.3. The predicted octanol–water partition coefficient (Wildman–Crippen LogP) is 2.73. The normalized spacial score (nSPS) is 18.6. The number of likely N-dealkylation sites (tertiary alicyclic amines) is 1. The number of esters is 1. The van der Waals surface area contributed by atoms with E-state index < -0.39 is 40.1 Å². The van der Waals surface area contributed by atoms with Crippen LogP contribution in [0.2, 0.25) is 0 Å². The number of hydrogen-bond donors (Lipinski definition) is 2. The number of benzene rings is 2. The predicted molar refractivity (Wildman–Crippen MR) is 155 cm³/mol. The van der Waals surface area contributed by atoms with Crippen LogP contribution in [0.25, 0.3) is 0 Å². The molecule has 2 N–H and O–H groups in total. The maximum Gasteiger partial charge on any atom is 0.415 e. The molecule has 2 saturated heterocycles. The third-order valence-electron chi connectivity index (χ3n) is 7.69. The largest absolute Gasteiger partial charge is 0.480 e. The van der Waals surface area contributed by atoms with Crippen LogP contribution in [-0.4, -0.2) is 85.0 Å². The van der Waals surface area contributed by atoms with E-state index in [4.69, 9.17) is 9.47 Å². The summed E-state index contributed by atoms with van der Waals surface area (Å²) >= 11 is 0. The first kappa shape index (κ1) is 32.0. The van der Waals surface area contributed by atoms with Gasteiger partial charge in [0.25, 0.3) is 0 Å². The summed E-state index contributed by atoms with van der Waals surface area (Å²) in [5.74, 6) is -2.16. The number of carboxylic acids is 1. The Bertz CT molecular complexity index is 1420. The third-order valence-corrected chi connectivity index (χ3v) is 9.61. The molecule has 12 nitrogen and oxygen atoms in total. The van der Waals surface area contributed by atoms with Crippen LogP contribution in [0.15, 0.2) is 53.4 Å². The van der Waals surface area contributed by atoms with Crippen LogP contribution in [0, 0.1) is 12.8 Å². The molecule has 2 aliphatic heterocycles. The van der Waals surface area contributed by atoms with E-state index in [1.54, 1.807) is 31.2 Å². The minimum atomic E-state index is -3.94. The zero-order chi connectivity index (χ0) is 31.1. The molecule has 0 spiro atoms. The first-order valence-corrected chi connectivity index (χ1v) is 15.8. The van der Waals surface area contributed by atoms with E-state index in [9.17, 15) is 32.7 Å². The van der Waals surface area contributed by atoms with Crippen molar-refractivity contribution < 1.29 is 42.2 Å². The Balaban J connectivity index is 1.33. The molecule has 13 heteroatoms. The Morgan fingerprint density at radius 2 is 1.63 bits per heavy atom. The Morgan fingerprint density at radius 3 is 2.23 bits per heavy atom. The molecule has 0 aliphatic carbocycles. The number of nitrogens with zero attached hydrogens (tertiary/aromatic N) is 2. The second-order valence-corrected chi connectivity index (χ2v) is 12.6. The first-order chi connectivity index (χ1) is 20.5. The number of nitrogens with one attached hydrogen (secondary N) is 1. The molecule has 2 aromatic rings. The molecule has 0 saturated carbocycles. The highest BCUT2D eigenvalue weighted by Crippen LogP contribution is 2.27. The molecule has 0 unspecified atom stereocenters. The van der Waals surface area contributed by atoms with Gasteiger partial charge in [-0.2, -0.15) is 4.31 Å². The van der Waals surface area contributed by atoms with E-state index in [2.05, 4.69) is 5.32 Å². The molecule has 0 radical (unpaired) electrons. The highest BCUT2D eigenvalue weighted by Gasteiger charge is 2.40. The van der Waals surface area contributed by atoms with E-state index >= 15 is 0 Å². The van der Waals surface area contributed by atoms with Crippen LogP contribution in [0.5, 0.6) is 5.75 Å². The highest BCUT2D eigenvalue weighted by atomic mass is 32.2. The lowest BCUT2D eigenvalue weighted by Gasteiger charge is -2.30. The fourth-order valence-corrected chi connectivity index (χ4v) is 6.91. The summed E-state index contributed by atoms with van der Waals surface area (Å²) in [6.45, 7) is 4.80. The number of piperidine rings is 1. The number of aliphatic carboxylic acids is 1. The van der Waals surface area contributed by atoms with E-state index in [1.807, 2.05) is 6.92 Å². The molecule has 2 amide bonds. The number of amides is 2. The van der Waals surface area contributed by atoms with Crippen LogP contribution >= 0.6 is 0 Å². The van der Waals surface area contributed by atoms with Crippen molar-refractivity contribution >= 4 is 34.0 Å². The topological polar surface area (TPSA) is 160 Å². The molecule has 2 fully saturated rings. The Hall–Kier alpha value is -3.97. The van der Waals surface area contributed by atoms with Gasteiger partial charge < -0.3 is 24.8 Å². The molecular weight excluding hydrogens is 578 g/mol. The monoisotopic (exact) mass is 615 g/mol. The van der Waals surface area contributed by atoms with Crippen molar-refractivity contribution in [3.8, 4) is 5.75 Å². The fraction of sp³-hybridized carbons (Fsp3) is 0.467. The summed E-state index contributed by atoms with van der Waals surface area (Å²) in [7, 11) is -3.94. The van der Waals surface area contributed by atoms with Crippen molar-refractivity contribution in [1.82, 2.24) is 14.5 Å². The number of rotatable bonds is 10. The van der Waals surface area contributed by atoms with E-state index in [1.165, 1.54) is 29.2 Å². The van der Waals surface area contributed by atoms with Crippen molar-refractivity contribution in [3.05, 3.63) is 59.7 Å². The number of carboxylic acid groups (broad SMARTS) is 1. The Labute approximate surface area is 251 Å². The van der Waals surface area contributed by atoms with Crippen molar-refractivity contribution in [2.75, 3.05) is 26.2 Å². The van der Waals surface area contributed by atoms with Gasteiger partial charge in [0, 0.05) is 26.1 Å². The van der Waals surface area contributed by atoms with Gasteiger partial charge >= 0.3 is 18.0 Å². The summed E-state index contributed by atoms with van der Waals surface area (Å²) in [6, 6.07) is 10.3. The standard InChI is InChI=1S/C30H37N3O9S/c1-3-41-29(37)22-14-17-32(18-15-22)30(38)42-23-10-8-21(9-11-23)19-25(28(35)36)31-27(34)26-5-4-16-33(26)43(39,40)24-12-6-20(2)7-13-24/h6-13,22,25-26H,3-5,14-19H2,1-2H3,(H,31,34)(H,35,36)/t25-,26-/m0/s1. The summed E-state index contributed by atoms with van der Waals surface area (Å²) < 4.78 is 38.1. The zero-order valence-corrected chi connectivity index (χ0v) is 25.0. The maximum absolute atomic E-state index is 13.2. The quantitative estimate of drug-likeness (QED) is 0.383. The second-order valence-electron chi connectivity index (χ2n) is 10.7. The van der Waals surface area contributed by atoms with Crippen LogP contribution in [0.1, 0.15) is 43.7 Å². The molecule has 4 rings (SSSR count). The van der Waals surface area contributed by atoms with Gasteiger partial charge in [0.2, 0.25) is 15.9 Å². The zero-order valence-electron chi connectivity index (χ0n) is 24.2. The second kappa shape index (κ2) is 14.0. The Morgan fingerprint density at radius 1 is 0.977 bits per heavy atom. The average molecular weight is 616 g/mol. The van der Waals surface area contributed by atoms with Gasteiger partial charge in [0.1, 0.15) is 17.8 Å². The molecule has 232 valence electrons. The number of carbonyl (C=O) groups is 4. The summed E-state index contributed by atoms with van der Waals surface area (Å²) in [4.78, 5) is 51.3. The number of sulfonamides is 1. The molecule has 0 aromatic heterocycles. The SMILES string of the molecule is CCOC(=O)C1CCN(C(=O)Oc2ccc(C[C@H](NC(=O)[C@@H]3CCCN3S(=O)(=O)c3ccc(C)cc3)C(=O)O)cc2)CC1. The molecule has 0 bridgehead atoms. The lowest BCUT2D eigenvalue weighted by Crippen LogP contribution is -2.51. The molecule has 43 heavy (non-hydrogen) atoms.